The van der Waals surface area contributed by atoms with Crippen molar-refractivity contribution in [2.45, 2.75) is 26.4 Å². The summed E-state index contributed by atoms with van der Waals surface area (Å²) < 4.78 is 16.1. The van der Waals surface area contributed by atoms with E-state index in [-0.39, 0.29) is 31.4 Å². The molecule has 1 N–H and O–H groups in total. The van der Waals surface area contributed by atoms with Gasteiger partial charge in [0.05, 0.1) is 6.10 Å². The number of urea groups is 1. The van der Waals surface area contributed by atoms with Gasteiger partial charge in [0.25, 0.3) is 0 Å². The molecule has 2 aliphatic rings. The number of carbonyl (C=O) groups is 2. The van der Waals surface area contributed by atoms with Crippen molar-refractivity contribution in [3.8, 4) is 11.5 Å². The summed E-state index contributed by atoms with van der Waals surface area (Å²) in [5.41, 5.74) is 0.744. The third kappa shape index (κ3) is 4.37. The van der Waals surface area contributed by atoms with Crippen molar-refractivity contribution in [1.82, 2.24) is 10.2 Å². The van der Waals surface area contributed by atoms with Crippen LogP contribution in [-0.2, 0) is 9.53 Å². The molecule has 2 aliphatic heterocycles. The van der Waals surface area contributed by atoms with Crippen molar-refractivity contribution in [3.63, 3.8) is 0 Å². The molecule has 1 saturated heterocycles. The number of rotatable bonds is 8. The van der Waals surface area contributed by atoms with Crippen molar-refractivity contribution in [1.29, 1.82) is 0 Å². The minimum absolute atomic E-state index is 0.0604. The molecule has 1 aromatic carbocycles. The molecule has 8 heteroatoms. The number of hydrogen-bond donors (Lipinski definition) is 1. The zero-order valence-electron chi connectivity index (χ0n) is 15.2. The number of hydrogen-bond acceptors (Lipinski definition) is 5. The van der Waals surface area contributed by atoms with Crippen LogP contribution in [0.25, 0.3) is 0 Å². The molecular formula is C18H25N3O5. The van der Waals surface area contributed by atoms with Gasteiger partial charge in [-0.15, -0.1) is 0 Å². The van der Waals surface area contributed by atoms with E-state index >= 15 is 0 Å². The van der Waals surface area contributed by atoms with Gasteiger partial charge in [-0.2, -0.15) is 0 Å². The van der Waals surface area contributed by atoms with Gasteiger partial charge in [-0.05, 0) is 32.4 Å². The number of nitrogens with one attached hydrogen (secondary N) is 1. The highest BCUT2D eigenvalue weighted by atomic mass is 16.7. The average molecular weight is 363 g/mol. The van der Waals surface area contributed by atoms with Crippen LogP contribution < -0.4 is 19.7 Å². The Balaban J connectivity index is 1.46. The Labute approximate surface area is 153 Å². The molecule has 0 radical (unpaired) electrons. The first-order valence-electron chi connectivity index (χ1n) is 8.89. The van der Waals surface area contributed by atoms with Gasteiger partial charge < -0.3 is 24.4 Å². The van der Waals surface area contributed by atoms with E-state index in [2.05, 4.69) is 5.32 Å². The van der Waals surface area contributed by atoms with Gasteiger partial charge >= 0.3 is 6.03 Å². The van der Waals surface area contributed by atoms with Crippen LogP contribution >= 0.6 is 0 Å². The third-order valence-electron chi connectivity index (χ3n) is 4.19. The van der Waals surface area contributed by atoms with E-state index in [9.17, 15) is 9.59 Å². The maximum atomic E-state index is 12.6. The Morgan fingerprint density at radius 1 is 1.27 bits per heavy atom. The Hall–Kier alpha value is -2.48. The molecule has 1 aromatic rings. The lowest BCUT2D eigenvalue weighted by atomic mass is 10.2. The summed E-state index contributed by atoms with van der Waals surface area (Å²) >= 11 is 0. The van der Waals surface area contributed by atoms with Crippen molar-refractivity contribution in [2.75, 3.05) is 44.5 Å². The molecule has 8 nitrogen and oxygen atoms in total. The van der Waals surface area contributed by atoms with Crippen LogP contribution in [0.15, 0.2) is 18.2 Å². The minimum Gasteiger partial charge on any atom is -0.454 e. The lowest BCUT2D eigenvalue weighted by Crippen LogP contribution is -2.40. The van der Waals surface area contributed by atoms with Crippen LogP contribution in [0.2, 0.25) is 0 Å². The predicted molar refractivity (Wildman–Crippen MR) is 95.6 cm³/mol. The van der Waals surface area contributed by atoms with Crippen LogP contribution in [-0.4, -0.2) is 62.5 Å². The lowest BCUT2D eigenvalue weighted by molar-refractivity contribution is -0.121. The SMILES string of the molecule is CC(C)OCCCNC(=O)CN1CCN(c2ccc3c(c2)OCO3)C1=O. The third-order valence-corrected chi connectivity index (χ3v) is 4.19. The van der Waals surface area contributed by atoms with Crippen molar-refractivity contribution in [2.24, 2.45) is 0 Å². The molecule has 0 atom stereocenters. The monoisotopic (exact) mass is 363 g/mol. The first-order valence-corrected chi connectivity index (χ1v) is 8.89. The number of carbonyl (C=O) groups excluding carboxylic acids is 2. The second-order valence-corrected chi connectivity index (χ2v) is 6.52. The molecule has 2 heterocycles. The maximum Gasteiger partial charge on any atom is 0.325 e. The van der Waals surface area contributed by atoms with Crippen LogP contribution in [0, 0.1) is 0 Å². The van der Waals surface area contributed by atoms with E-state index < -0.39 is 0 Å². The topological polar surface area (TPSA) is 80.3 Å². The van der Waals surface area contributed by atoms with Crippen LogP contribution in [0.4, 0.5) is 10.5 Å². The van der Waals surface area contributed by atoms with Gasteiger partial charge in [0.1, 0.15) is 6.54 Å². The van der Waals surface area contributed by atoms with Crippen molar-refractivity contribution >= 4 is 17.6 Å². The van der Waals surface area contributed by atoms with Crippen LogP contribution in [0.3, 0.4) is 0 Å². The summed E-state index contributed by atoms with van der Waals surface area (Å²) in [6, 6.07) is 5.23. The molecule has 0 spiro atoms. The summed E-state index contributed by atoms with van der Waals surface area (Å²) in [7, 11) is 0. The van der Waals surface area contributed by atoms with Gasteiger partial charge in [0, 0.05) is 38.0 Å². The van der Waals surface area contributed by atoms with E-state index in [1.54, 1.807) is 21.9 Å². The fraction of sp³-hybridized carbons (Fsp3) is 0.556. The smallest absolute Gasteiger partial charge is 0.325 e. The van der Waals surface area contributed by atoms with Crippen LogP contribution in [0.1, 0.15) is 20.3 Å². The average Bonchev–Trinajstić information content (AvgIpc) is 3.21. The number of nitrogens with zero attached hydrogens (tertiary/aromatic N) is 2. The molecule has 0 unspecified atom stereocenters. The Morgan fingerprint density at radius 2 is 2.08 bits per heavy atom. The van der Waals surface area contributed by atoms with Gasteiger partial charge in [-0.25, -0.2) is 4.79 Å². The first kappa shape index (κ1) is 18.3. The number of ether oxygens (including phenoxy) is 3. The largest absolute Gasteiger partial charge is 0.454 e. The molecule has 0 bridgehead atoms. The minimum atomic E-state index is -0.179. The number of anilines is 1. The quantitative estimate of drug-likeness (QED) is 0.710. The van der Waals surface area contributed by atoms with E-state index in [1.807, 2.05) is 19.9 Å². The van der Waals surface area contributed by atoms with Crippen molar-refractivity contribution < 1.29 is 23.8 Å². The lowest BCUT2D eigenvalue weighted by Gasteiger charge is -2.18. The van der Waals surface area contributed by atoms with E-state index in [0.29, 0.717) is 37.7 Å². The summed E-state index contributed by atoms with van der Waals surface area (Å²) in [6.07, 6.45) is 0.941. The molecule has 0 aliphatic carbocycles. The maximum absolute atomic E-state index is 12.6. The Bertz CT molecular complexity index is 664. The second kappa shape index (κ2) is 8.27. The second-order valence-electron chi connectivity index (χ2n) is 6.52. The molecule has 142 valence electrons. The van der Waals surface area contributed by atoms with E-state index in [1.165, 1.54) is 0 Å². The summed E-state index contributed by atoms with van der Waals surface area (Å²) in [6.45, 7) is 6.40. The molecule has 1 fully saturated rings. The van der Waals surface area contributed by atoms with Gasteiger partial charge in [-0.3, -0.25) is 9.69 Å². The highest BCUT2D eigenvalue weighted by molar-refractivity contribution is 5.96. The Morgan fingerprint density at radius 3 is 2.88 bits per heavy atom. The van der Waals surface area contributed by atoms with Gasteiger partial charge in [0.15, 0.2) is 11.5 Å². The summed E-state index contributed by atoms with van der Waals surface area (Å²) in [5, 5.41) is 2.82. The molecule has 0 saturated carbocycles. The highest BCUT2D eigenvalue weighted by Gasteiger charge is 2.31. The molecule has 3 rings (SSSR count). The van der Waals surface area contributed by atoms with Crippen molar-refractivity contribution in [3.05, 3.63) is 18.2 Å². The standard InChI is InChI=1S/C18H25N3O5/c1-13(2)24-9-3-6-19-17(22)11-20-7-8-21(18(20)23)14-4-5-15-16(10-14)26-12-25-15/h4-5,10,13H,3,6-9,11-12H2,1-2H3,(H,19,22). The Kier molecular flexibility index (Phi) is 5.82. The summed E-state index contributed by atoms with van der Waals surface area (Å²) in [5.74, 6) is 1.16. The zero-order chi connectivity index (χ0) is 18.5. The molecule has 3 amide bonds. The number of amides is 3. The number of fused-ring (bicyclic) bond motifs is 1. The fourth-order valence-electron chi connectivity index (χ4n) is 2.87. The number of benzene rings is 1. The molecule has 26 heavy (non-hydrogen) atoms. The predicted octanol–water partition coefficient (Wildman–Crippen LogP) is 1.59. The zero-order valence-corrected chi connectivity index (χ0v) is 15.2. The van der Waals surface area contributed by atoms with E-state index in [4.69, 9.17) is 14.2 Å². The normalized spacial score (nSPS) is 15.9. The fourth-order valence-corrected chi connectivity index (χ4v) is 2.87. The van der Waals surface area contributed by atoms with Gasteiger partial charge in [0.2, 0.25) is 12.7 Å². The van der Waals surface area contributed by atoms with E-state index in [0.717, 1.165) is 12.1 Å². The highest BCUT2D eigenvalue weighted by Crippen LogP contribution is 2.36. The molecular weight excluding hydrogens is 338 g/mol. The summed E-state index contributed by atoms with van der Waals surface area (Å²) in [4.78, 5) is 27.8. The molecule has 0 aromatic heterocycles. The van der Waals surface area contributed by atoms with Gasteiger partial charge in [-0.1, -0.05) is 0 Å². The first-order chi connectivity index (χ1) is 12.5. The van der Waals surface area contributed by atoms with Crippen LogP contribution in [0.5, 0.6) is 11.5 Å².